The number of carboxylic acid groups (broad SMARTS) is 1. The first kappa shape index (κ1) is 11.6. The molecular formula is C9H8BrNO4. The fourth-order valence-corrected chi connectivity index (χ4v) is 1.73. The molecule has 0 unspecified atom stereocenters. The Morgan fingerprint density at radius 1 is 1.60 bits per heavy atom. The Labute approximate surface area is 94.0 Å². The van der Waals surface area contributed by atoms with Crippen LogP contribution in [-0.4, -0.2) is 16.0 Å². The SMILES string of the molecule is Cc1cc(CBr)c(C(=O)O)cc1[N+](=O)[O-]. The van der Waals surface area contributed by atoms with Crippen LogP contribution in [-0.2, 0) is 5.33 Å². The monoisotopic (exact) mass is 273 g/mol. The molecule has 1 aromatic carbocycles. The zero-order chi connectivity index (χ0) is 11.6. The molecule has 0 radical (unpaired) electrons. The molecular weight excluding hydrogens is 266 g/mol. The molecule has 6 heteroatoms. The molecule has 0 aliphatic carbocycles. The van der Waals surface area contributed by atoms with Gasteiger partial charge in [-0.15, -0.1) is 0 Å². The quantitative estimate of drug-likeness (QED) is 0.521. The van der Waals surface area contributed by atoms with Crippen molar-refractivity contribution in [1.29, 1.82) is 0 Å². The predicted molar refractivity (Wildman–Crippen MR) is 57.4 cm³/mol. The Bertz CT molecular complexity index is 430. The van der Waals surface area contributed by atoms with Crippen LogP contribution in [0.1, 0.15) is 21.5 Å². The van der Waals surface area contributed by atoms with Gasteiger partial charge in [0, 0.05) is 17.0 Å². The third-order valence-corrected chi connectivity index (χ3v) is 2.60. The number of nitro groups is 1. The number of halogens is 1. The van der Waals surface area contributed by atoms with Crippen molar-refractivity contribution in [3.63, 3.8) is 0 Å². The summed E-state index contributed by atoms with van der Waals surface area (Å²) in [5.41, 5.74) is 0.784. The third kappa shape index (κ3) is 2.33. The van der Waals surface area contributed by atoms with Gasteiger partial charge in [0.2, 0.25) is 0 Å². The van der Waals surface area contributed by atoms with Crippen LogP contribution >= 0.6 is 15.9 Å². The van der Waals surface area contributed by atoms with E-state index in [1.807, 2.05) is 0 Å². The van der Waals surface area contributed by atoms with Gasteiger partial charge in [-0.2, -0.15) is 0 Å². The summed E-state index contributed by atoms with van der Waals surface area (Å²) in [6.45, 7) is 1.58. The van der Waals surface area contributed by atoms with E-state index in [0.717, 1.165) is 6.07 Å². The standard InChI is InChI=1S/C9H8BrNO4/c1-5-2-6(4-10)7(9(12)13)3-8(5)11(14)15/h2-3H,4H2,1H3,(H,12,13). The zero-order valence-corrected chi connectivity index (χ0v) is 9.44. The first-order chi connectivity index (χ1) is 6.97. The number of alkyl halides is 1. The van der Waals surface area contributed by atoms with Gasteiger partial charge in [0.25, 0.3) is 5.69 Å². The molecule has 0 amide bonds. The third-order valence-electron chi connectivity index (χ3n) is 1.99. The number of rotatable bonds is 3. The van der Waals surface area contributed by atoms with E-state index in [1.165, 1.54) is 6.07 Å². The molecule has 15 heavy (non-hydrogen) atoms. The maximum atomic E-state index is 10.8. The van der Waals surface area contributed by atoms with E-state index in [0.29, 0.717) is 16.5 Å². The topological polar surface area (TPSA) is 80.4 Å². The Kier molecular flexibility index (Phi) is 3.41. The lowest BCUT2D eigenvalue weighted by Gasteiger charge is -2.04. The van der Waals surface area contributed by atoms with Gasteiger partial charge in [-0.3, -0.25) is 10.1 Å². The summed E-state index contributed by atoms with van der Waals surface area (Å²) in [4.78, 5) is 20.8. The van der Waals surface area contributed by atoms with E-state index < -0.39 is 10.9 Å². The van der Waals surface area contributed by atoms with Crippen LogP contribution in [0.5, 0.6) is 0 Å². The van der Waals surface area contributed by atoms with E-state index >= 15 is 0 Å². The average molecular weight is 274 g/mol. The Morgan fingerprint density at radius 3 is 2.60 bits per heavy atom. The number of nitrogens with zero attached hydrogens (tertiary/aromatic N) is 1. The van der Waals surface area contributed by atoms with Crippen molar-refractivity contribution in [2.75, 3.05) is 0 Å². The van der Waals surface area contributed by atoms with Crippen molar-refractivity contribution in [1.82, 2.24) is 0 Å². The minimum Gasteiger partial charge on any atom is -0.478 e. The summed E-state index contributed by atoms with van der Waals surface area (Å²) >= 11 is 3.14. The van der Waals surface area contributed by atoms with Crippen molar-refractivity contribution >= 4 is 27.6 Å². The van der Waals surface area contributed by atoms with Crippen LogP contribution in [0.25, 0.3) is 0 Å². The lowest BCUT2D eigenvalue weighted by molar-refractivity contribution is -0.385. The van der Waals surface area contributed by atoms with Gasteiger partial charge in [-0.05, 0) is 18.6 Å². The van der Waals surface area contributed by atoms with Gasteiger partial charge in [0.1, 0.15) is 0 Å². The molecule has 0 saturated carbocycles. The van der Waals surface area contributed by atoms with E-state index in [1.54, 1.807) is 6.92 Å². The smallest absolute Gasteiger partial charge is 0.336 e. The van der Waals surface area contributed by atoms with Crippen molar-refractivity contribution in [2.45, 2.75) is 12.3 Å². The largest absolute Gasteiger partial charge is 0.478 e. The summed E-state index contributed by atoms with van der Waals surface area (Å²) in [6, 6.07) is 2.60. The lowest BCUT2D eigenvalue weighted by atomic mass is 10.0. The van der Waals surface area contributed by atoms with Crippen LogP contribution < -0.4 is 0 Å². The first-order valence-corrected chi connectivity index (χ1v) is 5.16. The number of hydrogen-bond donors (Lipinski definition) is 1. The molecule has 0 aliphatic rings. The minimum absolute atomic E-state index is 0.0378. The van der Waals surface area contributed by atoms with Gasteiger partial charge < -0.3 is 5.11 Å². The Hall–Kier alpha value is -1.43. The summed E-state index contributed by atoms with van der Waals surface area (Å²) in [6.07, 6.45) is 0. The number of benzene rings is 1. The fourth-order valence-electron chi connectivity index (χ4n) is 1.26. The summed E-state index contributed by atoms with van der Waals surface area (Å²) in [5.74, 6) is -1.16. The molecule has 0 aliphatic heterocycles. The van der Waals surface area contributed by atoms with Crippen molar-refractivity contribution < 1.29 is 14.8 Å². The molecule has 0 heterocycles. The van der Waals surface area contributed by atoms with Gasteiger partial charge in [-0.1, -0.05) is 15.9 Å². The second-order valence-electron chi connectivity index (χ2n) is 2.99. The molecule has 0 fully saturated rings. The van der Waals surface area contributed by atoms with E-state index in [4.69, 9.17) is 5.11 Å². The normalized spacial score (nSPS) is 10.0. The predicted octanol–water partition coefficient (Wildman–Crippen LogP) is 2.50. The van der Waals surface area contributed by atoms with Crippen LogP contribution in [0.4, 0.5) is 5.69 Å². The van der Waals surface area contributed by atoms with Crippen LogP contribution in [0.15, 0.2) is 12.1 Å². The second kappa shape index (κ2) is 4.39. The molecule has 1 N–H and O–H groups in total. The van der Waals surface area contributed by atoms with E-state index in [-0.39, 0.29) is 11.3 Å². The maximum absolute atomic E-state index is 10.8. The summed E-state index contributed by atoms with van der Waals surface area (Å²) < 4.78 is 0. The highest BCUT2D eigenvalue weighted by atomic mass is 79.9. The summed E-state index contributed by atoms with van der Waals surface area (Å²) in [5, 5.41) is 19.8. The highest BCUT2D eigenvalue weighted by Gasteiger charge is 2.18. The average Bonchev–Trinajstić information content (AvgIpc) is 2.16. The maximum Gasteiger partial charge on any atom is 0.336 e. The molecule has 5 nitrogen and oxygen atoms in total. The van der Waals surface area contributed by atoms with Gasteiger partial charge in [-0.25, -0.2) is 4.79 Å². The van der Waals surface area contributed by atoms with Crippen molar-refractivity contribution in [3.8, 4) is 0 Å². The molecule has 0 bridgehead atoms. The van der Waals surface area contributed by atoms with Crippen molar-refractivity contribution in [2.24, 2.45) is 0 Å². The highest BCUT2D eigenvalue weighted by molar-refractivity contribution is 9.08. The molecule has 1 aromatic rings. The van der Waals surface area contributed by atoms with Gasteiger partial charge >= 0.3 is 5.97 Å². The number of aromatic carboxylic acids is 1. The van der Waals surface area contributed by atoms with Gasteiger partial charge in [0.15, 0.2) is 0 Å². The highest BCUT2D eigenvalue weighted by Crippen LogP contribution is 2.24. The molecule has 1 rings (SSSR count). The fraction of sp³-hybridized carbons (Fsp3) is 0.222. The van der Waals surface area contributed by atoms with E-state index in [9.17, 15) is 14.9 Å². The Morgan fingerprint density at radius 2 is 2.20 bits per heavy atom. The molecule has 0 aromatic heterocycles. The molecule has 0 spiro atoms. The van der Waals surface area contributed by atoms with Crippen molar-refractivity contribution in [3.05, 3.63) is 38.9 Å². The molecule has 0 saturated heterocycles. The van der Waals surface area contributed by atoms with E-state index in [2.05, 4.69) is 15.9 Å². The number of nitro benzene ring substituents is 1. The van der Waals surface area contributed by atoms with Gasteiger partial charge in [0.05, 0.1) is 10.5 Å². The number of aryl methyl sites for hydroxylation is 1. The second-order valence-corrected chi connectivity index (χ2v) is 3.55. The number of carboxylic acids is 1. The molecule has 0 atom stereocenters. The number of hydrogen-bond acceptors (Lipinski definition) is 3. The zero-order valence-electron chi connectivity index (χ0n) is 7.86. The van der Waals surface area contributed by atoms with Crippen LogP contribution in [0.3, 0.4) is 0 Å². The van der Waals surface area contributed by atoms with Crippen LogP contribution in [0.2, 0.25) is 0 Å². The number of carbonyl (C=O) groups is 1. The summed E-state index contributed by atoms with van der Waals surface area (Å²) in [7, 11) is 0. The van der Waals surface area contributed by atoms with Crippen LogP contribution in [0, 0.1) is 17.0 Å². The first-order valence-electron chi connectivity index (χ1n) is 4.04. The minimum atomic E-state index is -1.16. The Balaban J connectivity index is 3.43. The molecule has 80 valence electrons. The lowest BCUT2D eigenvalue weighted by Crippen LogP contribution is -2.04.